The predicted octanol–water partition coefficient (Wildman–Crippen LogP) is 3.16. The molecule has 5 rings (SSSR count). The molecular weight excluding hydrogens is 558 g/mol. The van der Waals surface area contributed by atoms with Gasteiger partial charge in [0.15, 0.2) is 0 Å². The van der Waals surface area contributed by atoms with Gasteiger partial charge in [-0.1, -0.05) is 66.8 Å². The molecule has 230 valence electrons. The van der Waals surface area contributed by atoms with E-state index in [1.165, 1.54) is 0 Å². The first-order valence-electron chi connectivity index (χ1n) is 14.7. The van der Waals surface area contributed by atoms with Gasteiger partial charge in [0.2, 0.25) is 11.8 Å². The Morgan fingerprint density at radius 3 is 2.77 bits per heavy atom. The number of piperazine rings is 1. The van der Waals surface area contributed by atoms with Gasteiger partial charge in [-0.25, -0.2) is 14.8 Å². The van der Waals surface area contributed by atoms with Crippen molar-refractivity contribution in [3.05, 3.63) is 108 Å². The molecule has 0 bridgehead atoms. The average Bonchev–Trinajstić information content (AvgIpc) is 3.22. The number of rotatable bonds is 8. The Morgan fingerprint density at radius 2 is 2.02 bits per heavy atom. The van der Waals surface area contributed by atoms with Gasteiger partial charge in [0, 0.05) is 32.5 Å². The van der Waals surface area contributed by atoms with Crippen LogP contribution in [0.4, 0.5) is 4.79 Å². The highest BCUT2D eigenvalue weighted by Gasteiger charge is 2.51. The van der Waals surface area contributed by atoms with Gasteiger partial charge < -0.3 is 25.5 Å². The lowest BCUT2D eigenvalue weighted by atomic mass is 9.95. The maximum Gasteiger partial charge on any atom is 0.334 e. The summed E-state index contributed by atoms with van der Waals surface area (Å²) in [5.41, 5.74) is 3.42. The standard InChI is InChI=1S/C33H39N7O4/c1-4-9-26(31-23(2)34-16-17-35-31)20-38-21-29-39(28(32(38)43)18-24-12-8-13-27(41)15-14-24)30(42)22-37(3)40(29)33(44)36-19-25-10-6-5-7-11-25/h4-11,13-17,23,28-29,34,41H,1,12,18-22H2,2-3H3,(H,36,44)/b26-9-/t23?,28-,29?/m0/s1. The maximum atomic E-state index is 14.3. The summed E-state index contributed by atoms with van der Waals surface area (Å²) >= 11 is 0. The van der Waals surface area contributed by atoms with Gasteiger partial charge in [-0.3, -0.25) is 14.6 Å². The van der Waals surface area contributed by atoms with E-state index >= 15 is 0 Å². The van der Waals surface area contributed by atoms with Crippen LogP contribution < -0.4 is 10.6 Å². The summed E-state index contributed by atoms with van der Waals surface area (Å²) in [4.78, 5) is 49.5. The number of hydrogen-bond donors (Lipinski definition) is 3. The summed E-state index contributed by atoms with van der Waals surface area (Å²) < 4.78 is 0. The molecule has 1 aliphatic carbocycles. The topological polar surface area (TPSA) is 121 Å². The van der Waals surface area contributed by atoms with Crippen LogP contribution in [-0.4, -0.2) is 93.4 Å². The number of fused-ring (bicyclic) bond motifs is 1. The first kappa shape index (κ1) is 30.6. The number of aliphatic hydroxyl groups excluding tert-OH is 1. The Balaban J connectivity index is 1.48. The number of carbonyl (C=O) groups excluding carboxylic acids is 3. The third-order valence-corrected chi connectivity index (χ3v) is 8.10. The molecule has 11 heteroatoms. The number of hydrogen-bond acceptors (Lipinski definition) is 7. The first-order valence-corrected chi connectivity index (χ1v) is 14.7. The quantitative estimate of drug-likeness (QED) is 0.396. The summed E-state index contributed by atoms with van der Waals surface area (Å²) in [5.74, 6) is -0.323. The zero-order valence-electron chi connectivity index (χ0n) is 25.1. The smallest absolute Gasteiger partial charge is 0.334 e. The number of nitrogens with zero attached hydrogens (tertiary/aromatic N) is 5. The summed E-state index contributed by atoms with van der Waals surface area (Å²) in [6.45, 7) is 6.47. The Bertz CT molecular complexity index is 1480. The zero-order chi connectivity index (χ0) is 31.2. The van der Waals surface area contributed by atoms with E-state index in [1.807, 2.05) is 49.4 Å². The molecule has 1 aromatic rings. The molecule has 3 atom stereocenters. The summed E-state index contributed by atoms with van der Waals surface area (Å²) in [5, 5.41) is 19.4. The van der Waals surface area contributed by atoms with Gasteiger partial charge >= 0.3 is 6.03 Å². The fourth-order valence-corrected chi connectivity index (χ4v) is 5.98. The normalized spacial score (nSPS) is 24.1. The minimum absolute atomic E-state index is 0.0490. The molecule has 0 spiro atoms. The van der Waals surface area contributed by atoms with E-state index in [1.54, 1.807) is 63.6 Å². The number of nitrogens with one attached hydrogen (secondary N) is 2. The number of aliphatic hydroxyl groups is 1. The molecule has 3 N–H and O–H groups in total. The fraction of sp³-hybridized carbons (Fsp3) is 0.333. The molecular formula is C33H39N7O4. The van der Waals surface area contributed by atoms with Crippen molar-refractivity contribution in [3.63, 3.8) is 0 Å². The Kier molecular flexibility index (Phi) is 9.44. The van der Waals surface area contributed by atoms with Crippen molar-refractivity contribution in [2.45, 2.75) is 44.6 Å². The van der Waals surface area contributed by atoms with Gasteiger partial charge in [-0.05, 0) is 43.1 Å². The first-order chi connectivity index (χ1) is 21.3. The summed E-state index contributed by atoms with van der Waals surface area (Å²) in [7, 11) is 1.71. The molecule has 2 unspecified atom stereocenters. The van der Waals surface area contributed by atoms with Crippen LogP contribution in [-0.2, 0) is 16.1 Å². The number of allylic oxidation sites excluding steroid dienone is 6. The molecule has 0 saturated carbocycles. The number of carbonyl (C=O) groups is 3. The van der Waals surface area contributed by atoms with Crippen molar-refractivity contribution in [3.8, 4) is 0 Å². The van der Waals surface area contributed by atoms with E-state index in [2.05, 4.69) is 22.2 Å². The highest BCUT2D eigenvalue weighted by atomic mass is 16.3. The van der Waals surface area contributed by atoms with Crippen LogP contribution in [0, 0.1) is 0 Å². The van der Waals surface area contributed by atoms with E-state index < -0.39 is 12.2 Å². The molecule has 2 fully saturated rings. The van der Waals surface area contributed by atoms with Gasteiger partial charge in [0.05, 0.1) is 24.8 Å². The van der Waals surface area contributed by atoms with Crippen molar-refractivity contribution in [1.29, 1.82) is 0 Å². The van der Waals surface area contributed by atoms with Crippen molar-refractivity contribution in [2.24, 2.45) is 4.99 Å². The molecule has 3 heterocycles. The lowest BCUT2D eigenvalue weighted by Crippen LogP contribution is -2.76. The van der Waals surface area contributed by atoms with Crippen LogP contribution in [0.2, 0.25) is 0 Å². The molecule has 3 aliphatic heterocycles. The molecule has 11 nitrogen and oxygen atoms in total. The lowest BCUT2D eigenvalue weighted by Gasteiger charge is -2.54. The van der Waals surface area contributed by atoms with Crippen LogP contribution in [0.15, 0.2) is 108 Å². The molecule has 0 radical (unpaired) electrons. The zero-order valence-corrected chi connectivity index (χ0v) is 25.1. The van der Waals surface area contributed by atoms with E-state index in [4.69, 9.17) is 0 Å². The van der Waals surface area contributed by atoms with E-state index in [0.717, 1.165) is 22.4 Å². The van der Waals surface area contributed by atoms with E-state index in [0.29, 0.717) is 13.0 Å². The Labute approximate surface area is 257 Å². The fourth-order valence-electron chi connectivity index (χ4n) is 5.98. The number of hydrazine groups is 1. The number of aliphatic imine (C=N–C) groups is 1. The monoisotopic (exact) mass is 597 g/mol. The minimum atomic E-state index is -0.846. The van der Waals surface area contributed by atoms with Crippen molar-refractivity contribution in [1.82, 2.24) is 30.5 Å². The van der Waals surface area contributed by atoms with Gasteiger partial charge in [0.25, 0.3) is 0 Å². The van der Waals surface area contributed by atoms with Crippen LogP contribution >= 0.6 is 0 Å². The molecule has 4 aliphatic rings. The van der Waals surface area contributed by atoms with E-state index in [9.17, 15) is 19.5 Å². The molecule has 0 aromatic heterocycles. The highest BCUT2D eigenvalue weighted by Crippen LogP contribution is 2.31. The van der Waals surface area contributed by atoms with Crippen LogP contribution in [0.3, 0.4) is 0 Å². The second kappa shape index (κ2) is 13.6. The van der Waals surface area contributed by atoms with Gasteiger partial charge in [-0.2, -0.15) is 0 Å². The largest absolute Gasteiger partial charge is 0.508 e. The second-order valence-corrected chi connectivity index (χ2v) is 11.2. The molecule has 2 saturated heterocycles. The maximum absolute atomic E-state index is 14.3. The van der Waals surface area contributed by atoms with Crippen LogP contribution in [0.25, 0.3) is 0 Å². The Hall–Kier alpha value is -4.90. The predicted molar refractivity (Wildman–Crippen MR) is 169 cm³/mol. The Morgan fingerprint density at radius 1 is 1.23 bits per heavy atom. The number of urea groups is 1. The third kappa shape index (κ3) is 6.68. The van der Waals surface area contributed by atoms with Crippen LogP contribution in [0.5, 0.6) is 0 Å². The molecule has 44 heavy (non-hydrogen) atoms. The summed E-state index contributed by atoms with van der Waals surface area (Å²) in [6, 6.07) is 8.31. The molecule has 4 amide bonds. The number of likely N-dealkylation sites (N-methyl/N-ethyl adjacent to an activating group) is 1. The number of amides is 4. The van der Waals surface area contributed by atoms with Crippen molar-refractivity contribution >= 4 is 23.6 Å². The van der Waals surface area contributed by atoms with E-state index in [-0.39, 0.29) is 55.7 Å². The second-order valence-electron chi connectivity index (χ2n) is 11.2. The van der Waals surface area contributed by atoms with Crippen LogP contribution in [0.1, 0.15) is 25.3 Å². The average molecular weight is 598 g/mol. The molecule has 1 aromatic carbocycles. The van der Waals surface area contributed by atoms with Crippen molar-refractivity contribution < 1.29 is 19.5 Å². The lowest BCUT2D eigenvalue weighted by molar-refractivity contribution is -0.186. The minimum Gasteiger partial charge on any atom is -0.508 e. The number of benzene rings is 1. The summed E-state index contributed by atoms with van der Waals surface area (Å²) in [6.07, 6.45) is 13.8. The highest BCUT2D eigenvalue weighted by molar-refractivity contribution is 6.05. The van der Waals surface area contributed by atoms with Gasteiger partial charge in [-0.15, -0.1) is 0 Å². The van der Waals surface area contributed by atoms with Gasteiger partial charge in [0.1, 0.15) is 18.0 Å². The third-order valence-electron chi connectivity index (χ3n) is 8.10. The van der Waals surface area contributed by atoms with Crippen molar-refractivity contribution in [2.75, 3.05) is 26.7 Å². The SMILES string of the molecule is C=C/C=C(/CN1CC2N(C(=O)CN(C)N2C(=O)NCc2ccccc2)[C@@H](CC2=CC=C(O)C=CC2)C1=O)C1=NC=CNC1C.